The quantitative estimate of drug-likeness (QED) is 0.196. The minimum Gasteiger partial charge on any atom is -0.490 e. The third-order valence-corrected chi connectivity index (χ3v) is 7.32. The summed E-state index contributed by atoms with van der Waals surface area (Å²) < 4.78 is 85.7. The van der Waals surface area contributed by atoms with Gasteiger partial charge in [-0.15, -0.1) is 0 Å². The van der Waals surface area contributed by atoms with Gasteiger partial charge in [-0.1, -0.05) is 52.0 Å². The fraction of sp³-hybridized carbons (Fsp3) is 0.467. The van der Waals surface area contributed by atoms with Crippen molar-refractivity contribution < 1.29 is 31.4 Å². The fourth-order valence-corrected chi connectivity index (χ4v) is 5.15. The smallest absolute Gasteiger partial charge is 0.201 e. The standard InChI is InChI=1S/C30H33F5O2/c1-3-5-15-36-23-13-11-20-16-22(27(32)30(35)25(20)28(23)33)21-12-14-24(29(34)26(21)31)37-17-19-9-7-18(6-4-2)8-10-19/h11-14,16,18-19H,3-10,15,17H2,1-2H3. The molecule has 37 heavy (non-hydrogen) atoms. The Balaban J connectivity index is 1.56. The molecule has 0 aromatic heterocycles. The Kier molecular flexibility index (Phi) is 8.93. The second-order valence-corrected chi connectivity index (χ2v) is 9.96. The molecule has 0 spiro atoms. The largest absolute Gasteiger partial charge is 0.490 e. The first-order chi connectivity index (χ1) is 17.8. The van der Waals surface area contributed by atoms with Crippen molar-refractivity contribution in [3.63, 3.8) is 0 Å². The molecule has 0 heterocycles. The molecular formula is C30H33F5O2. The van der Waals surface area contributed by atoms with Crippen molar-refractivity contribution in [2.45, 2.75) is 65.2 Å². The molecule has 200 valence electrons. The normalized spacial score (nSPS) is 17.8. The Morgan fingerprint density at radius 2 is 1.32 bits per heavy atom. The van der Waals surface area contributed by atoms with Gasteiger partial charge in [0, 0.05) is 11.1 Å². The van der Waals surface area contributed by atoms with Gasteiger partial charge in [0.25, 0.3) is 0 Å². The third kappa shape index (κ3) is 5.86. The topological polar surface area (TPSA) is 18.5 Å². The van der Waals surface area contributed by atoms with Gasteiger partial charge in [0.2, 0.25) is 5.82 Å². The summed E-state index contributed by atoms with van der Waals surface area (Å²) in [5, 5.41) is -0.585. The van der Waals surface area contributed by atoms with Gasteiger partial charge in [-0.3, -0.25) is 0 Å². The first-order valence-electron chi connectivity index (χ1n) is 13.2. The van der Waals surface area contributed by atoms with Crippen LogP contribution in [-0.2, 0) is 0 Å². The molecule has 0 atom stereocenters. The second-order valence-electron chi connectivity index (χ2n) is 9.96. The summed E-state index contributed by atoms with van der Waals surface area (Å²) in [6, 6.07) is 6.18. The number of ether oxygens (including phenoxy) is 2. The van der Waals surface area contributed by atoms with Gasteiger partial charge >= 0.3 is 0 Å². The Labute approximate surface area is 214 Å². The molecular weight excluding hydrogens is 487 g/mol. The van der Waals surface area contributed by atoms with E-state index in [1.807, 2.05) is 6.92 Å². The van der Waals surface area contributed by atoms with E-state index in [4.69, 9.17) is 9.47 Å². The van der Waals surface area contributed by atoms with Crippen molar-refractivity contribution in [3.8, 4) is 22.6 Å². The summed E-state index contributed by atoms with van der Waals surface area (Å²) in [7, 11) is 0. The molecule has 1 saturated carbocycles. The number of rotatable bonds is 10. The van der Waals surface area contributed by atoms with Gasteiger partial charge in [-0.05, 0) is 60.7 Å². The maximum atomic E-state index is 15.0. The van der Waals surface area contributed by atoms with Gasteiger partial charge in [0.05, 0.1) is 18.6 Å². The van der Waals surface area contributed by atoms with E-state index in [1.165, 1.54) is 24.6 Å². The Morgan fingerprint density at radius 1 is 0.676 bits per heavy atom. The third-order valence-electron chi connectivity index (χ3n) is 7.32. The van der Waals surface area contributed by atoms with Crippen molar-refractivity contribution in [1.82, 2.24) is 0 Å². The zero-order chi connectivity index (χ0) is 26.5. The highest BCUT2D eigenvalue weighted by atomic mass is 19.2. The second kappa shape index (κ2) is 12.1. The predicted octanol–water partition coefficient (Wildman–Crippen LogP) is 9.37. The van der Waals surface area contributed by atoms with Crippen molar-refractivity contribution in [3.05, 3.63) is 59.4 Å². The lowest BCUT2D eigenvalue weighted by molar-refractivity contribution is 0.173. The summed E-state index contributed by atoms with van der Waals surface area (Å²) in [5.74, 6) is -6.05. The van der Waals surface area contributed by atoms with E-state index in [0.717, 1.165) is 56.6 Å². The van der Waals surface area contributed by atoms with E-state index in [2.05, 4.69) is 6.92 Å². The fourth-order valence-electron chi connectivity index (χ4n) is 5.15. The zero-order valence-electron chi connectivity index (χ0n) is 21.3. The van der Waals surface area contributed by atoms with Crippen LogP contribution in [0.3, 0.4) is 0 Å². The monoisotopic (exact) mass is 520 g/mol. The number of benzene rings is 3. The van der Waals surface area contributed by atoms with Crippen LogP contribution in [0.4, 0.5) is 22.0 Å². The summed E-state index contributed by atoms with van der Waals surface area (Å²) in [4.78, 5) is 0. The molecule has 0 amide bonds. The van der Waals surface area contributed by atoms with Crippen molar-refractivity contribution in [1.29, 1.82) is 0 Å². The van der Waals surface area contributed by atoms with Crippen LogP contribution in [0.25, 0.3) is 21.9 Å². The molecule has 2 nitrogen and oxygen atoms in total. The molecule has 0 radical (unpaired) electrons. The highest BCUT2D eigenvalue weighted by Gasteiger charge is 2.25. The lowest BCUT2D eigenvalue weighted by Crippen LogP contribution is -2.20. The first-order valence-corrected chi connectivity index (χ1v) is 13.2. The van der Waals surface area contributed by atoms with Gasteiger partial charge in [-0.2, -0.15) is 4.39 Å². The number of halogens is 5. The van der Waals surface area contributed by atoms with E-state index in [9.17, 15) is 13.2 Å². The van der Waals surface area contributed by atoms with Crippen LogP contribution in [0, 0.1) is 40.9 Å². The van der Waals surface area contributed by atoms with E-state index >= 15 is 8.78 Å². The molecule has 1 aliphatic rings. The molecule has 0 aliphatic heterocycles. The number of fused-ring (bicyclic) bond motifs is 1. The zero-order valence-corrected chi connectivity index (χ0v) is 21.3. The lowest BCUT2D eigenvalue weighted by Gasteiger charge is -2.28. The van der Waals surface area contributed by atoms with Crippen LogP contribution < -0.4 is 9.47 Å². The molecule has 1 aliphatic carbocycles. The Morgan fingerprint density at radius 3 is 2.03 bits per heavy atom. The molecule has 1 fully saturated rings. The summed E-state index contributed by atoms with van der Waals surface area (Å²) >= 11 is 0. The first kappa shape index (κ1) is 27.2. The lowest BCUT2D eigenvalue weighted by atomic mass is 9.80. The van der Waals surface area contributed by atoms with Crippen LogP contribution in [0.1, 0.15) is 65.2 Å². The highest BCUT2D eigenvalue weighted by molar-refractivity contribution is 5.90. The van der Waals surface area contributed by atoms with Gasteiger partial charge in [0.15, 0.2) is 34.8 Å². The minimum absolute atomic E-state index is 0.00746. The Bertz CT molecular complexity index is 1230. The van der Waals surface area contributed by atoms with Crippen LogP contribution in [0.2, 0.25) is 0 Å². The SMILES string of the molecule is CCCCOc1ccc2cc(-c3ccc(OCC4CCC(CCC)CC4)c(F)c3F)c(F)c(F)c2c1F. The number of hydrogen-bond donors (Lipinski definition) is 0. The molecule has 7 heteroatoms. The highest BCUT2D eigenvalue weighted by Crippen LogP contribution is 2.38. The van der Waals surface area contributed by atoms with Gasteiger partial charge in [0.1, 0.15) is 0 Å². The number of hydrogen-bond acceptors (Lipinski definition) is 2. The van der Waals surface area contributed by atoms with E-state index in [-0.39, 0.29) is 36.0 Å². The van der Waals surface area contributed by atoms with Crippen LogP contribution in [0.15, 0.2) is 30.3 Å². The van der Waals surface area contributed by atoms with Crippen LogP contribution >= 0.6 is 0 Å². The van der Waals surface area contributed by atoms with Crippen molar-refractivity contribution in [2.24, 2.45) is 11.8 Å². The molecule has 0 unspecified atom stereocenters. The summed E-state index contributed by atoms with van der Waals surface area (Å²) in [5.41, 5.74) is -0.965. The summed E-state index contributed by atoms with van der Waals surface area (Å²) in [6.07, 6.45) is 8.06. The van der Waals surface area contributed by atoms with Crippen LogP contribution in [0.5, 0.6) is 11.5 Å². The van der Waals surface area contributed by atoms with Gasteiger partial charge in [-0.25, -0.2) is 17.6 Å². The maximum Gasteiger partial charge on any atom is 0.201 e. The maximum absolute atomic E-state index is 15.0. The predicted molar refractivity (Wildman–Crippen MR) is 135 cm³/mol. The van der Waals surface area contributed by atoms with Crippen molar-refractivity contribution in [2.75, 3.05) is 13.2 Å². The average molecular weight is 521 g/mol. The Hall–Kier alpha value is -2.83. The molecule has 0 saturated heterocycles. The minimum atomic E-state index is -1.48. The van der Waals surface area contributed by atoms with Crippen molar-refractivity contribution >= 4 is 10.8 Å². The number of unbranched alkanes of at least 4 members (excludes halogenated alkanes) is 1. The molecule has 0 N–H and O–H groups in total. The van der Waals surface area contributed by atoms with E-state index < -0.39 is 45.6 Å². The van der Waals surface area contributed by atoms with E-state index in [0.29, 0.717) is 6.42 Å². The summed E-state index contributed by atoms with van der Waals surface area (Å²) in [6.45, 7) is 4.62. The van der Waals surface area contributed by atoms with Gasteiger partial charge < -0.3 is 9.47 Å². The van der Waals surface area contributed by atoms with Crippen LogP contribution in [-0.4, -0.2) is 13.2 Å². The van der Waals surface area contributed by atoms with E-state index in [1.54, 1.807) is 0 Å². The molecule has 3 aromatic rings. The average Bonchev–Trinajstić information content (AvgIpc) is 2.89. The molecule has 0 bridgehead atoms. The molecule has 4 rings (SSSR count). The molecule has 3 aromatic carbocycles.